The molecule has 0 radical (unpaired) electrons. The van der Waals surface area contributed by atoms with Crippen molar-refractivity contribution in [1.29, 1.82) is 0 Å². The summed E-state index contributed by atoms with van der Waals surface area (Å²) in [6, 6.07) is 15.6. The number of ether oxygens (including phenoxy) is 1. The van der Waals surface area contributed by atoms with Crippen LogP contribution < -0.4 is 34.2 Å². The molecular formula is C21H16F6LiOP. The quantitative estimate of drug-likeness (QED) is 0.345. The summed E-state index contributed by atoms with van der Waals surface area (Å²) in [5.74, 6) is 1.02. The van der Waals surface area contributed by atoms with Gasteiger partial charge in [0.1, 0.15) is 11.5 Å². The predicted molar refractivity (Wildman–Crippen MR) is 103 cm³/mol. The zero-order valence-corrected chi connectivity index (χ0v) is 17.0. The SMILES string of the molecule is Cc1cc(Oc2ccccc2)ccc1Pc1c(C(F)(F)F)cccc1C(F)(F)F.[H-].[Li+]. The molecular weight excluding hydrogens is 420 g/mol. The van der Waals surface area contributed by atoms with Gasteiger partial charge in [-0.2, -0.15) is 26.3 Å². The van der Waals surface area contributed by atoms with Crippen molar-refractivity contribution < 1.29 is 51.4 Å². The Morgan fingerprint density at radius 3 is 1.80 bits per heavy atom. The molecule has 1 unspecified atom stereocenters. The third kappa shape index (κ3) is 5.82. The average molecular weight is 436 g/mol. The van der Waals surface area contributed by atoms with Crippen LogP contribution in [0.15, 0.2) is 66.7 Å². The molecule has 0 bridgehead atoms. The standard InChI is InChI=1S/C21H15F6OP.Li.H/c1-13-12-15(28-14-6-3-2-4-7-14)10-11-18(13)29-19-16(20(22,23)24)8-5-9-17(19)21(25,26)27;;/h2-12,29H,1H3;;/q;+1;-1. The van der Waals surface area contributed by atoms with Crippen molar-refractivity contribution in [3.63, 3.8) is 0 Å². The van der Waals surface area contributed by atoms with Crippen molar-refractivity contribution in [3.05, 3.63) is 83.4 Å². The molecule has 0 aromatic heterocycles. The number of halogens is 6. The number of alkyl halides is 6. The first-order valence-corrected chi connectivity index (χ1v) is 9.43. The molecule has 0 aliphatic carbocycles. The molecule has 0 saturated heterocycles. The summed E-state index contributed by atoms with van der Waals surface area (Å²) in [5.41, 5.74) is -1.99. The number of hydrogen-bond donors (Lipinski definition) is 0. The largest absolute Gasteiger partial charge is 1.00 e. The van der Waals surface area contributed by atoms with Crippen LogP contribution in [0.1, 0.15) is 18.1 Å². The summed E-state index contributed by atoms with van der Waals surface area (Å²) in [6.45, 7) is 1.63. The summed E-state index contributed by atoms with van der Waals surface area (Å²) in [5, 5.41) is -0.375. The van der Waals surface area contributed by atoms with Crippen molar-refractivity contribution >= 4 is 19.2 Å². The zero-order valence-electron chi connectivity index (χ0n) is 17.0. The maximum absolute atomic E-state index is 13.3. The number of rotatable bonds is 4. The van der Waals surface area contributed by atoms with Crippen LogP contribution in [-0.2, 0) is 12.4 Å². The maximum Gasteiger partial charge on any atom is 1.00 e. The maximum atomic E-state index is 13.3. The van der Waals surface area contributed by atoms with Gasteiger partial charge in [0.05, 0.1) is 11.1 Å². The molecule has 1 nitrogen and oxygen atoms in total. The topological polar surface area (TPSA) is 9.23 Å². The van der Waals surface area contributed by atoms with E-state index in [1.54, 1.807) is 37.3 Å². The molecule has 0 amide bonds. The minimum atomic E-state index is -4.88. The van der Waals surface area contributed by atoms with Gasteiger partial charge in [0, 0.05) is 5.30 Å². The molecule has 0 aliphatic heterocycles. The Morgan fingerprint density at radius 2 is 1.30 bits per heavy atom. The second kappa shape index (κ2) is 9.47. The van der Waals surface area contributed by atoms with Crippen LogP contribution in [0.3, 0.4) is 0 Å². The Morgan fingerprint density at radius 1 is 0.733 bits per heavy atom. The molecule has 3 rings (SSSR count). The van der Waals surface area contributed by atoms with Crippen molar-refractivity contribution in [2.24, 2.45) is 0 Å². The van der Waals surface area contributed by atoms with E-state index < -0.39 is 37.4 Å². The van der Waals surface area contributed by atoms with Crippen LogP contribution in [0.25, 0.3) is 0 Å². The average Bonchev–Trinajstić information content (AvgIpc) is 2.63. The van der Waals surface area contributed by atoms with Gasteiger partial charge in [0.25, 0.3) is 0 Å². The van der Waals surface area contributed by atoms with Crippen molar-refractivity contribution in [2.45, 2.75) is 19.3 Å². The Labute approximate surface area is 184 Å². The molecule has 0 N–H and O–H groups in total. The van der Waals surface area contributed by atoms with E-state index >= 15 is 0 Å². The molecule has 9 heteroatoms. The van der Waals surface area contributed by atoms with E-state index in [0.29, 0.717) is 34.5 Å². The van der Waals surface area contributed by atoms with Gasteiger partial charge in [-0.25, -0.2) is 0 Å². The van der Waals surface area contributed by atoms with Crippen LogP contribution >= 0.6 is 8.58 Å². The molecule has 0 spiro atoms. The molecule has 0 saturated carbocycles. The van der Waals surface area contributed by atoms with Crippen molar-refractivity contribution in [1.82, 2.24) is 0 Å². The number of aryl methyl sites for hydroxylation is 1. The van der Waals surface area contributed by atoms with Gasteiger partial charge in [-0.1, -0.05) is 38.9 Å². The van der Waals surface area contributed by atoms with Crippen LogP contribution in [0.2, 0.25) is 0 Å². The number of para-hydroxylation sites is 1. The van der Waals surface area contributed by atoms with Crippen LogP contribution in [0.5, 0.6) is 11.5 Å². The smallest absolute Gasteiger partial charge is 1.00 e. The molecule has 30 heavy (non-hydrogen) atoms. The van der Waals surface area contributed by atoms with E-state index in [0.717, 1.165) is 6.07 Å². The fraction of sp³-hybridized carbons (Fsp3) is 0.143. The Kier molecular flexibility index (Phi) is 7.68. The van der Waals surface area contributed by atoms with Gasteiger partial charge in [-0.15, -0.1) is 0 Å². The normalized spacial score (nSPS) is 12.1. The van der Waals surface area contributed by atoms with Gasteiger partial charge in [0.2, 0.25) is 0 Å². The summed E-state index contributed by atoms with van der Waals surface area (Å²) in [7, 11) is -0.811. The van der Waals surface area contributed by atoms with E-state index in [9.17, 15) is 26.3 Å². The number of benzene rings is 3. The van der Waals surface area contributed by atoms with E-state index in [2.05, 4.69) is 0 Å². The summed E-state index contributed by atoms with van der Waals surface area (Å²) in [6.07, 6.45) is -9.76. The van der Waals surface area contributed by atoms with E-state index in [1.807, 2.05) is 6.07 Å². The second-order valence-corrected chi connectivity index (χ2v) is 7.53. The Balaban J connectivity index is 0.00000240. The van der Waals surface area contributed by atoms with E-state index in [-0.39, 0.29) is 20.3 Å². The third-order valence-corrected chi connectivity index (χ3v) is 5.73. The second-order valence-electron chi connectivity index (χ2n) is 6.24. The van der Waals surface area contributed by atoms with Gasteiger partial charge < -0.3 is 6.16 Å². The van der Waals surface area contributed by atoms with E-state index in [1.165, 1.54) is 12.1 Å². The van der Waals surface area contributed by atoms with Crippen molar-refractivity contribution in [2.75, 3.05) is 0 Å². The molecule has 3 aromatic rings. The number of hydrogen-bond acceptors (Lipinski definition) is 1. The first-order valence-electron chi connectivity index (χ1n) is 8.43. The molecule has 0 aliphatic rings. The van der Waals surface area contributed by atoms with Gasteiger partial charge >= 0.3 is 31.2 Å². The molecule has 0 heterocycles. The zero-order chi connectivity index (χ0) is 21.2. The first-order chi connectivity index (χ1) is 13.6. The van der Waals surface area contributed by atoms with E-state index in [4.69, 9.17) is 4.74 Å². The fourth-order valence-corrected chi connectivity index (χ4v) is 4.18. The van der Waals surface area contributed by atoms with Gasteiger partial charge in [-0.3, -0.25) is 0 Å². The Hall–Kier alpha value is -1.93. The minimum Gasteiger partial charge on any atom is -1.00 e. The molecule has 154 valence electrons. The van der Waals surface area contributed by atoms with Gasteiger partial charge in [-0.05, 0) is 54.2 Å². The predicted octanol–water partition coefficient (Wildman–Crippen LogP) is 3.57. The molecule has 3 aromatic carbocycles. The van der Waals surface area contributed by atoms with Gasteiger partial charge in [0.15, 0.2) is 0 Å². The molecule has 1 atom stereocenters. The third-order valence-electron chi connectivity index (χ3n) is 4.11. The van der Waals surface area contributed by atoms with Crippen LogP contribution in [0.4, 0.5) is 26.3 Å². The fourth-order valence-electron chi connectivity index (χ4n) is 2.76. The van der Waals surface area contributed by atoms with Crippen molar-refractivity contribution in [3.8, 4) is 11.5 Å². The minimum absolute atomic E-state index is 0. The Bertz CT molecular complexity index is 977. The monoisotopic (exact) mass is 436 g/mol. The summed E-state index contributed by atoms with van der Waals surface area (Å²) >= 11 is 0. The van der Waals surface area contributed by atoms with Crippen LogP contribution in [0, 0.1) is 6.92 Å². The van der Waals surface area contributed by atoms with Crippen LogP contribution in [-0.4, -0.2) is 0 Å². The summed E-state index contributed by atoms with van der Waals surface area (Å²) < 4.78 is 85.7. The molecule has 0 fully saturated rings. The first kappa shape index (κ1) is 24.3. The summed E-state index contributed by atoms with van der Waals surface area (Å²) in [4.78, 5) is 0.